The average molecular weight is 336 g/mol. The Bertz CT molecular complexity index is 576. The van der Waals surface area contributed by atoms with Crippen molar-refractivity contribution in [3.63, 3.8) is 0 Å². The van der Waals surface area contributed by atoms with Gasteiger partial charge in [-0.1, -0.05) is 38.5 Å². The molecule has 0 bridgehead atoms. The smallest absolute Gasteiger partial charge is 0.234 e. The van der Waals surface area contributed by atoms with Gasteiger partial charge in [0.25, 0.3) is 0 Å². The maximum absolute atomic E-state index is 4.75. The van der Waals surface area contributed by atoms with Gasteiger partial charge in [0.1, 0.15) is 0 Å². The summed E-state index contributed by atoms with van der Waals surface area (Å²) < 4.78 is 3.21. The van der Waals surface area contributed by atoms with Crippen LogP contribution >= 0.6 is 15.9 Å². The van der Waals surface area contributed by atoms with Crippen LogP contribution in [0, 0.1) is 0 Å². The monoisotopic (exact) mass is 335 g/mol. The fourth-order valence-corrected chi connectivity index (χ4v) is 3.42. The van der Waals surface area contributed by atoms with Crippen LogP contribution in [-0.2, 0) is 12.8 Å². The van der Waals surface area contributed by atoms with Crippen molar-refractivity contribution in [2.75, 3.05) is 0 Å². The molecule has 0 aromatic carbocycles. The van der Waals surface area contributed by atoms with E-state index in [1.165, 1.54) is 62.8 Å². The Morgan fingerprint density at radius 1 is 0.900 bits per heavy atom. The lowest BCUT2D eigenvalue weighted by atomic mass is 10.0. The molecule has 0 amide bonds. The lowest BCUT2D eigenvalue weighted by molar-refractivity contribution is 0.555. The van der Waals surface area contributed by atoms with E-state index in [2.05, 4.69) is 31.5 Å². The lowest BCUT2D eigenvalue weighted by Crippen LogP contribution is -1.99. The Labute approximate surface area is 128 Å². The van der Waals surface area contributed by atoms with Crippen LogP contribution in [0.15, 0.2) is 16.9 Å². The summed E-state index contributed by atoms with van der Waals surface area (Å²) in [6, 6.07) is 0. The highest BCUT2D eigenvalue weighted by Gasteiger charge is 2.13. The highest BCUT2D eigenvalue weighted by Crippen LogP contribution is 2.21. The van der Waals surface area contributed by atoms with Crippen molar-refractivity contribution in [3.8, 4) is 0 Å². The predicted molar refractivity (Wildman–Crippen MR) is 85.0 cm³/mol. The van der Waals surface area contributed by atoms with E-state index < -0.39 is 0 Å². The first-order chi connectivity index (χ1) is 9.84. The maximum atomic E-state index is 4.75. The van der Waals surface area contributed by atoms with Gasteiger partial charge in [0.05, 0.1) is 10.2 Å². The van der Waals surface area contributed by atoms with Crippen molar-refractivity contribution < 1.29 is 0 Å². The summed E-state index contributed by atoms with van der Waals surface area (Å²) >= 11 is 3.52. The van der Waals surface area contributed by atoms with Crippen LogP contribution in [0.1, 0.15) is 62.8 Å². The highest BCUT2D eigenvalue weighted by molar-refractivity contribution is 9.10. The van der Waals surface area contributed by atoms with Crippen molar-refractivity contribution in [1.29, 1.82) is 0 Å². The predicted octanol–water partition coefficient (Wildman–Crippen LogP) is 4.71. The number of rotatable bonds is 0. The van der Waals surface area contributed by atoms with Crippen LogP contribution in [0.2, 0.25) is 0 Å². The van der Waals surface area contributed by atoms with Crippen LogP contribution in [0.4, 0.5) is 0 Å². The van der Waals surface area contributed by atoms with E-state index in [1.54, 1.807) is 0 Å². The molecule has 4 heteroatoms. The summed E-state index contributed by atoms with van der Waals surface area (Å²) in [6.45, 7) is 0. The first kappa shape index (κ1) is 14.1. The van der Waals surface area contributed by atoms with Gasteiger partial charge in [-0.3, -0.25) is 4.40 Å². The number of imidazole rings is 1. The van der Waals surface area contributed by atoms with Gasteiger partial charge in [0, 0.05) is 18.1 Å². The standard InChI is InChI=1S/C16H22BrN3/c17-13-11-18-16-19-14-9-7-5-3-1-2-4-6-8-10-15(14)20(16)12-13/h11-12H,1-10H2. The van der Waals surface area contributed by atoms with Gasteiger partial charge < -0.3 is 0 Å². The third-order valence-electron chi connectivity index (χ3n) is 4.21. The minimum absolute atomic E-state index is 0.855. The first-order valence-corrected chi connectivity index (χ1v) is 8.65. The summed E-state index contributed by atoms with van der Waals surface area (Å²) in [6.07, 6.45) is 17.0. The minimum Gasteiger partial charge on any atom is -0.287 e. The van der Waals surface area contributed by atoms with Crippen LogP contribution in [0.5, 0.6) is 0 Å². The molecule has 2 aromatic heterocycles. The zero-order valence-electron chi connectivity index (χ0n) is 11.9. The maximum Gasteiger partial charge on any atom is 0.234 e. The third-order valence-corrected chi connectivity index (χ3v) is 4.62. The second-order valence-electron chi connectivity index (χ2n) is 5.78. The Kier molecular flexibility index (Phi) is 4.71. The number of hydrogen-bond acceptors (Lipinski definition) is 2. The number of aryl methyl sites for hydroxylation is 2. The summed E-state index contributed by atoms with van der Waals surface area (Å²) in [4.78, 5) is 9.19. The highest BCUT2D eigenvalue weighted by atomic mass is 79.9. The van der Waals surface area contributed by atoms with Crippen molar-refractivity contribution >= 4 is 21.7 Å². The Hall–Kier alpha value is -0.900. The van der Waals surface area contributed by atoms with Gasteiger partial charge in [-0.05, 0) is 41.6 Å². The molecule has 2 aromatic rings. The summed E-state index contributed by atoms with van der Waals surface area (Å²) in [5.41, 5.74) is 2.66. The largest absolute Gasteiger partial charge is 0.287 e. The van der Waals surface area contributed by atoms with E-state index >= 15 is 0 Å². The molecule has 0 spiro atoms. The Morgan fingerprint density at radius 3 is 2.30 bits per heavy atom. The Morgan fingerprint density at radius 2 is 1.55 bits per heavy atom. The fourth-order valence-electron chi connectivity index (χ4n) is 3.11. The molecule has 0 aliphatic heterocycles. The first-order valence-electron chi connectivity index (χ1n) is 7.86. The number of aromatic nitrogens is 3. The molecule has 108 valence electrons. The number of halogens is 1. The SMILES string of the molecule is Brc1cnc2nc3c(n2c1)CCCCCCCCCC3. The van der Waals surface area contributed by atoms with E-state index in [-0.39, 0.29) is 0 Å². The molecule has 3 nitrogen and oxygen atoms in total. The van der Waals surface area contributed by atoms with Crippen molar-refractivity contribution in [2.45, 2.75) is 64.2 Å². The van der Waals surface area contributed by atoms with Gasteiger partial charge in [0.2, 0.25) is 5.78 Å². The molecule has 2 heterocycles. The molecular weight excluding hydrogens is 314 g/mol. The third kappa shape index (κ3) is 3.22. The van der Waals surface area contributed by atoms with E-state index in [4.69, 9.17) is 4.98 Å². The summed E-state index contributed by atoms with van der Waals surface area (Å²) in [5.74, 6) is 0.855. The average Bonchev–Trinajstić information content (AvgIpc) is 2.76. The second kappa shape index (κ2) is 6.70. The van der Waals surface area contributed by atoms with Crippen molar-refractivity contribution in [1.82, 2.24) is 14.4 Å². The molecule has 0 atom stereocenters. The summed E-state index contributed by atoms with van der Waals surface area (Å²) in [7, 11) is 0. The lowest BCUT2D eigenvalue weighted by Gasteiger charge is -2.08. The van der Waals surface area contributed by atoms with E-state index in [0.717, 1.165) is 23.1 Å². The number of fused-ring (bicyclic) bond motifs is 3. The molecule has 3 rings (SSSR count). The van der Waals surface area contributed by atoms with Crippen LogP contribution < -0.4 is 0 Å². The quantitative estimate of drug-likeness (QED) is 0.697. The normalized spacial score (nSPS) is 18.2. The van der Waals surface area contributed by atoms with Crippen LogP contribution in [0.25, 0.3) is 5.78 Å². The molecule has 0 saturated heterocycles. The van der Waals surface area contributed by atoms with Crippen LogP contribution in [0.3, 0.4) is 0 Å². The molecule has 1 aliphatic carbocycles. The van der Waals surface area contributed by atoms with Gasteiger partial charge in [-0.25, -0.2) is 9.97 Å². The second-order valence-corrected chi connectivity index (χ2v) is 6.69. The zero-order chi connectivity index (χ0) is 13.8. The van der Waals surface area contributed by atoms with Gasteiger partial charge in [-0.15, -0.1) is 0 Å². The molecule has 0 saturated carbocycles. The molecule has 0 unspecified atom stereocenters. The van der Waals surface area contributed by atoms with Gasteiger partial charge in [-0.2, -0.15) is 0 Å². The van der Waals surface area contributed by atoms with E-state index in [1.807, 2.05) is 6.20 Å². The fraction of sp³-hybridized carbons (Fsp3) is 0.625. The minimum atomic E-state index is 0.855. The number of nitrogens with zero attached hydrogens (tertiary/aromatic N) is 3. The topological polar surface area (TPSA) is 30.2 Å². The van der Waals surface area contributed by atoms with Gasteiger partial charge >= 0.3 is 0 Å². The molecular formula is C16H22BrN3. The zero-order valence-corrected chi connectivity index (χ0v) is 13.5. The van der Waals surface area contributed by atoms with Crippen LogP contribution in [-0.4, -0.2) is 14.4 Å². The molecule has 0 fully saturated rings. The van der Waals surface area contributed by atoms with E-state index in [9.17, 15) is 0 Å². The Balaban J connectivity index is 1.91. The summed E-state index contributed by atoms with van der Waals surface area (Å²) in [5, 5.41) is 0. The number of hydrogen-bond donors (Lipinski definition) is 0. The van der Waals surface area contributed by atoms with Crippen molar-refractivity contribution in [2.24, 2.45) is 0 Å². The molecule has 1 aliphatic rings. The molecule has 0 N–H and O–H groups in total. The van der Waals surface area contributed by atoms with E-state index in [0.29, 0.717) is 0 Å². The van der Waals surface area contributed by atoms with Crippen molar-refractivity contribution in [3.05, 3.63) is 28.3 Å². The van der Waals surface area contributed by atoms with Gasteiger partial charge in [0.15, 0.2) is 0 Å². The molecule has 0 radical (unpaired) electrons. The molecule has 20 heavy (non-hydrogen) atoms.